The fraction of sp³-hybridized carbons (Fsp3) is 0.182. The number of ether oxygens (including phenoxy) is 1. The molecule has 0 unspecified atom stereocenters. The molecule has 4 aromatic carbocycles. The SMILES string of the molecule is CCN(Cc1cn(Cc2ccccc2)c2ccccc12)C(=O)OCC1c2ccccc2-c2ccccc21. The Bertz CT molecular complexity index is 1510. The molecule has 0 fully saturated rings. The van der Waals surface area contributed by atoms with Crippen LogP contribution in [0.5, 0.6) is 0 Å². The molecule has 0 atom stereocenters. The molecule has 0 spiro atoms. The maximum Gasteiger partial charge on any atom is 0.410 e. The Morgan fingerprint density at radius 1 is 0.811 bits per heavy atom. The van der Waals surface area contributed by atoms with Crippen LogP contribution in [0, 0.1) is 0 Å². The zero-order valence-corrected chi connectivity index (χ0v) is 21.0. The predicted octanol–water partition coefficient (Wildman–Crippen LogP) is 7.46. The molecule has 4 heteroatoms. The quantitative estimate of drug-likeness (QED) is 0.239. The molecule has 5 aromatic rings. The molecule has 1 aliphatic rings. The lowest BCUT2D eigenvalue weighted by molar-refractivity contribution is 0.0993. The Balaban J connectivity index is 1.21. The highest BCUT2D eigenvalue weighted by molar-refractivity contribution is 5.84. The highest BCUT2D eigenvalue weighted by Crippen LogP contribution is 2.44. The van der Waals surface area contributed by atoms with Crippen molar-refractivity contribution in [1.29, 1.82) is 0 Å². The van der Waals surface area contributed by atoms with Gasteiger partial charge in [-0.1, -0.05) is 97.1 Å². The summed E-state index contributed by atoms with van der Waals surface area (Å²) in [5.74, 6) is 0.0582. The van der Waals surface area contributed by atoms with Gasteiger partial charge in [-0.25, -0.2) is 4.79 Å². The third kappa shape index (κ3) is 4.40. The fourth-order valence-electron chi connectivity index (χ4n) is 5.56. The van der Waals surface area contributed by atoms with E-state index >= 15 is 0 Å². The van der Waals surface area contributed by atoms with Crippen LogP contribution in [0.15, 0.2) is 109 Å². The van der Waals surface area contributed by atoms with E-state index in [1.807, 2.05) is 13.0 Å². The molecule has 4 nitrogen and oxygen atoms in total. The minimum atomic E-state index is -0.274. The molecule has 0 radical (unpaired) electrons. The topological polar surface area (TPSA) is 34.5 Å². The van der Waals surface area contributed by atoms with Crippen LogP contribution >= 0.6 is 0 Å². The minimum absolute atomic E-state index is 0.0582. The van der Waals surface area contributed by atoms with Crippen LogP contribution in [0.2, 0.25) is 0 Å². The second kappa shape index (κ2) is 9.98. The van der Waals surface area contributed by atoms with Gasteiger partial charge in [-0.3, -0.25) is 0 Å². The molecular weight excluding hydrogens is 456 g/mol. The second-order valence-corrected chi connectivity index (χ2v) is 9.60. The molecule has 1 aromatic heterocycles. The Morgan fingerprint density at radius 3 is 2.14 bits per heavy atom. The van der Waals surface area contributed by atoms with Crippen molar-refractivity contribution >= 4 is 17.0 Å². The van der Waals surface area contributed by atoms with Crippen molar-refractivity contribution in [3.05, 3.63) is 132 Å². The maximum absolute atomic E-state index is 13.3. The normalized spacial score (nSPS) is 12.4. The van der Waals surface area contributed by atoms with Crippen molar-refractivity contribution in [2.75, 3.05) is 13.2 Å². The van der Waals surface area contributed by atoms with Crippen molar-refractivity contribution in [3.63, 3.8) is 0 Å². The van der Waals surface area contributed by atoms with Gasteiger partial charge in [0.2, 0.25) is 0 Å². The van der Waals surface area contributed by atoms with E-state index in [0.29, 0.717) is 19.7 Å². The number of hydrogen-bond donors (Lipinski definition) is 0. The zero-order chi connectivity index (χ0) is 25.2. The van der Waals surface area contributed by atoms with Crippen LogP contribution in [0.3, 0.4) is 0 Å². The van der Waals surface area contributed by atoms with Crippen molar-refractivity contribution in [2.24, 2.45) is 0 Å². The Morgan fingerprint density at radius 2 is 1.43 bits per heavy atom. The van der Waals surface area contributed by atoms with Crippen LogP contribution in [0.25, 0.3) is 22.0 Å². The first kappa shape index (κ1) is 23.1. The van der Waals surface area contributed by atoms with Crippen LogP contribution in [-0.2, 0) is 17.8 Å². The lowest BCUT2D eigenvalue weighted by atomic mass is 9.98. The summed E-state index contributed by atoms with van der Waals surface area (Å²) in [6.07, 6.45) is 1.90. The van der Waals surface area contributed by atoms with E-state index in [2.05, 4.69) is 108 Å². The molecule has 37 heavy (non-hydrogen) atoms. The van der Waals surface area contributed by atoms with E-state index in [-0.39, 0.29) is 12.0 Å². The molecule has 0 saturated heterocycles. The predicted molar refractivity (Wildman–Crippen MR) is 149 cm³/mol. The smallest absolute Gasteiger partial charge is 0.410 e. The Labute approximate surface area is 217 Å². The summed E-state index contributed by atoms with van der Waals surface area (Å²) in [7, 11) is 0. The van der Waals surface area contributed by atoms with E-state index in [1.54, 1.807) is 4.90 Å². The lowest BCUT2D eigenvalue weighted by Crippen LogP contribution is -2.31. The van der Waals surface area contributed by atoms with Crippen molar-refractivity contribution in [3.8, 4) is 11.1 Å². The highest BCUT2D eigenvalue weighted by Gasteiger charge is 2.29. The number of aromatic nitrogens is 1. The van der Waals surface area contributed by atoms with Crippen molar-refractivity contribution < 1.29 is 9.53 Å². The summed E-state index contributed by atoms with van der Waals surface area (Å²) >= 11 is 0. The zero-order valence-electron chi connectivity index (χ0n) is 21.0. The third-order valence-corrected chi connectivity index (χ3v) is 7.40. The van der Waals surface area contributed by atoms with E-state index in [1.165, 1.54) is 38.7 Å². The highest BCUT2D eigenvalue weighted by atomic mass is 16.6. The molecule has 0 saturated carbocycles. The molecular formula is C33H30N2O2. The van der Waals surface area contributed by atoms with Crippen LogP contribution < -0.4 is 0 Å². The number of benzene rings is 4. The largest absolute Gasteiger partial charge is 0.448 e. The summed E-state index contributed by atoms with van der Waals surface area (Å²) in [6, 6.07) is 35.7. The number of carbonyl (C=O) groups is 1. The summed E-state index contributed by atoms with van der Waals surface area (Å²) < 4.78 is 8.23. The summed E-state index contributed by atoms with van der Waals surface area (Å²) in [5, 5.41) is 1.17. The van der Waals surface area contributed by atoms with Gasteiger partial charge in [0.05, 0.1) is 6.54 Å². The Kier molecular flexibility index (Phi) is 6.23. The van der Waals surface area contributed by atoms with E-state index in [0.717, 1.165) is 12.1 Å². The first-order valence-corrected chi connectivity index (χ1v) is 12.9. The maximum atomic E-state index is 13.3. The first-order valence-electron chi connectivity index (χ1n) is 12.9. The number of fused-ring (bicyclic) bond motifs is 4. The number of hydrogen-bond acceptors (Lipinski definition) is 2. The molecule has 1 amide bonds. The van der Waals surface area contributed by atoms with Gasteiger partial charge < -0.3 is 14.2 Å². The molecule has 1 heterocycles. The van der Waals surface area contributed by atoms with Gasteiger partial charge in [0.1, 0.15) is 6.61 Å². The fourth-order valence-corrected chi connectivity index (χ4v) is 5.56. The average Bonchev–Trinajstić information content (AvgIpc) is 3.46. The molecule has 0 N–H and O–H groups in total. The number of rotatable bonds is 7. The third-order valence-electron chi connectivity index (χ3n) is 7.40. The van der Waals surface area contributed by atoms with Gasteiger partial charge in [0, 0.05) is 36.1 Å². The average molecular weight is 487 g/mol. The van der Waals surface area contributed by atoms with Gasteiger partial charge in [-0.05, 0) is 46.4 Å². The first-order chi connectivity index (χ1) is 18.2. The Hall–Kier alpha value is -4.31. The van der Waals surface area contributed by atoms with Gasteiger partial charge >= 0.3 is 6.09 Å². The standard InChI is InChI=1S/C33H30N2O2/c1-2-34(21-25-22-35(20-24-12-4-3-5-13-24)32-19-11-10-14-26(25)32)33(36)37-23-31-29-17-8-6-15-27(29)28-16-7-9-18-30(28)31/h3-19,22,31H,2,20-21,23H2,1H3. The van der Waals surface area contributed by atoms with Crippen LogP contribution in [-0.4, -0.2) is 28.7 Å². The molecule has 0 aliphatic heterocycles. The summed E-state index contributed by atoms with van der Waals surface area (Å²) in [4.78, 5) is 15.1. The molecule has 6 rings (SSSR count). The minimum Gasteiger partial charge on any atom is -0.448 e. The number of nitrogens with zero attached hydrogens (tertiary/aromatic N) is 2. The van der Waals surface area contributed by atoms with Crippen molar-refractivity contribution in [2.45, 2.75) is 25.9 Å². The number of para-hydroxylation sites is 1. The number of amides is 1. The molecule has 1 aliphatic carbocycles. The van der Waals surface area contributed by atoms with E-state index in [9.17, 15) is 4.79 Å². The molecule has 184 valence electrons. The van der Waals surface area contributed by atoms with Gasteiger partial charge in [0.15, 0.2) is 0 Å². The summed E-state index contributed by atoms with van der Waals surface area (Å²) in [6.45, 7) is 4.21. The lowest BCUT2D eigenvalue weighted by Gasteiger charge is -2.22. The molecule has 0 bridgehead atoms. The summed E-state index contributed by atoms with van der Waals surface area (Å²) in [5.41, 5.74) is 8.47. The van der Waals surface area contributed by atoms with Gasteiger partial charge in [-0.15, -0.1) is 0 Å². The van der Waals surface area contributed by atoms with E-state index < -0.39 is 0 Å². The second-order valence-electron chi connectivity index (χ2n) is 9.60. The van der Waals surface area contributed by atoms with Crippen LogP contribution in [0.1, 0.15) is 35.1 Å². The van der Waals surface area contributed by atoms with Gasteiger partial charge in [0.25, 0.3) is 0 Å². The van der Waals surface area contributed by atoms with Gasteiger partial charge in [-0.2, -0.15) is 0 Å². The van der Waals surface area contributed by atoms with E-state index in [4.69, 9.17) is 4.74 Å². The van der Waals surface area contributed by atoms with Crippen LogP contribution in [0.4, 0.5) is 4.79 Å². The number of carbonyl (C=O) groups excluding carboxylic acids is 1. The van der Waals surface area contributed by atoms with Crippen molar-refractivity contribution in [1.82, 2.24) is 9.47 Å². The monoisotopic (exact) mass is 486 g/mol.